The van der Waals surface area contributed by atoms with E-state index in [0.29, 0.717) is 6.54 Å². The number of aromatic nitrogens is 2. The van der Waals surface area contributed by atoms with E-state index in [9.17, 15) is 4.79 Å². The number of para-hydroxylation sites is 2. The first-order valence-corrected chi connectivity index (χ1v) is 8.85. The van der Waals surface area contributed by atoms with E-state index in [-0.39, 0.29) is 11.9 Å². The van der Waals surface area contributed by atoms with E-state index in [1.54, 1.807) is 0 Å². The molecule has 5 nitrogen and oxygen atoms in total. The van der Waals surface area contributed by atoms with Crippen molar-refractivity contribution >= 4 is 16.9 Å². The van der Waals surface area contributed by atoms with Gasteiger partial charge in [-0.25, -0.2) is 4.98 Å². The lowest BCUT2D eigenvalue weighted by Gasteiger charge is -2.22. The molecule has 5 heteroatoms. The van der Waals surface area contributed by atoms with Crippen molar-refractivity contribution in [1.29, 1.82) is 0 Å². The lowest BCUT2D eigenvalue weighted by atomic mass is 10.0. The van der Waals surface area contributed by atoms with Crippen LogP contribution in [0.5, 0.6) is 0 Å². The van der Waals surface area contributed by atoms with E-state index < -0.39 is 0 Å². The van der Waals surface area contributed by atoms with Crippen LogP contribution in [0.15, 0.2) is 48.5 Å². The standard InChI is InChI=1S/C20H22N4O/c25-20(18-7-3-4-12-21-18)22-13-14-8-10-15(11-9-14)19-23-16-5-1-2-6-17(16)24-19/h1-2,5-6,8-11,18,21H,3-4,7,12-13H2,(H,22,25)(H,23,24). The molecule has 2 heterocycles. The number of aromatic amines is 1. The van der Waals surface area contributed by atoms with Gasteiger partial charge in [-0.2, -0.15) is 0 Å². The highest BCUT2D eigenvalue weighted by atomic mass is 16.2. The van der Waals surface area contributed by atoms with Crippen LogP contribution in [0, 0.1) is 0 Å². The molecule has 1 aliphatic heterocycles. The predicted octanol–water partition coefficient (Wildman–Crippen LogP) is 2.99. The summed E-state index contributed by atoms with van der Waals surface area (Å²) >= 11 is 0. The first-order chi connectivity index (χ1) is 12.3. The number of benzene rings is 2. The van der Waals surface area contributed by atoms with Crippen molar-refractivity contribution in [3.63, 3.8) is 0 Å². The number of rotatable bonds is 4. The van der Waals surface area contributed by atoms with E-state index in [0.717, 1.165) is 53.8 Å². The third kappa shape index (κ3) is 3.56. The third-order valence-electron chi connectivity index (χ3n) is 4.71. The number of fused-ring (bicyclic) bond motifs is 1. The second-order valence-electron chi connectivity index (χ2n) is 6.52. The maximum absolute atomic E-state index is 12.2. The van der Waals surface area contributed by atoms with Gasteiger partial charge in [0.2, 0.25) is 5.91 Å². The Hall–Kier alpha value is -2.66. The first kappa shape index (κ1) is 15.8. The average Bonchev–Trinajstić information content (AvgIpc) is 3.11. The quantitative estimate of drug-likeness (QED) is 0.687. The number of hydrogen-bond acceptors (Lipinski definition) is 3. The fourth-order valence-corrected chi connectivity index (χ4v) is 3.26. The zero-order chi connectivity index (χ0) is 17.1. The minimum Gasteiger partial charge on any atom is -0.351 e. The fraction of sp³-hybridized carbons (Fsp3) is 0.300. The molecule has 1 aromatic heterocycles. The third-order valence-corrected chi connectivity index (χ3v) is 4.71. The van der Waals surface area contributed by atoms with Crippen molar-refractivity contribution in [3.05, 3.63) is 54.1 Å². The van der Waals surface area contributed by atoms with Crippen molar-refractivity contribution in [1.82, 2.24) is 20.6 Å². The molecule has 0 spiro atoms. The largest absolute Gasteiger partial charge is 0.351 e. The number of carbonyl (C=O) groups excluding carboxylic acids is 1. The van der Waals surface area contributed by atoms with Gasteiger partial charge in [0.15, 0.2) is 0 Å². The van der Waals surface area contributed by atoms with Gasteiger partial charge in [0, 0.05) is 12.1 Å². The van der Waals surface area contributed by atoms with Gasteiger partial charge >= 0.3 is 0 Å². The number of imidazole rings is 1. The Balaban J connectivity index is 1.40. The second kappa shape index (κ2) is 7.07. The molecule has 25 heavy (non-hydrogen) atoms. The molecule has 0 bridgehead atoms. The molecule has 3 N–H and O–H groups in total. The minimum absolute atomic E-state index is 0.0384. The Morgan fingerprint density at radius 3 is 2.72 bits per heavy atom. The van der Waals surface area contributed by atoms with Gasteiger partial charge in [0.25, 0.3) is 0 Å². The number of carbonyl (C=O) groups is 1. The molecule has 1 amide bonds. The van der Waals surface area contributed by atoms with Crippen LogP contribution in [-0.2, 0) is 11.3 Å². The zero-order valence-electron chi connectivity index (χ0n) is 14.1. The summed E-state index contributed by atoms with van der Waals surface area (Å²) in [5.41, 5.74) is 4.13. The molecule has 1 aliphatic rings. The number of piperidine rings is 1. The normalized spacial score (nSPS) is 17.5. The van der Waals surface area contributed by atoms with Crippen molar-refractivity contribution in [2.75, 3.05) is 6.54 Å². The lowest BCUT2D eigenvalue weighted by Crippen LogP contribution is -2.46. The Bertz CT molecular complexity index is 830. The fourth-order valence-electron chi connectivity index (χ4n) is 3.26. The molecule has 0 aliphatic carbocycles. The molecule has 4 rings (SSSR count). The maximum atomic E-state index is 12.2. The van der Waals surface area contributed by atoms with E-state index in [2.05, 4.69) is 20.6 Å². The SMILES string of the molecule is O=C(NCc1ccc(-c2nc3ccccc3[nH]2)cc1)C1CCCCN1. The smallest absolute Gasteiger partial charge is 0.237 e. The van der Waals surface area contributed by atoms with Crippen LogP contribution >= 0.6 is 0 Å². The highest BCUT2D eigenvalue weighted by Gasteiger charge is 2.19. The number of amides is 1. The van der Waals surface area contributed by atoms with E-state index in [1.165, 1.54) is 0 Å². The molecule has 0 radical (unpaired) electrons. The van der Waals surface area contributed by atoms with Crippen LogP contribution in [-0.4, -0.2) is 28.5 Å². The topological polar surface area (TPSA) is 69.8 Å². The number of nitrogens with one attached hydrogen (secondary N) is 3. The van der Waals surface area contributed by atoms with E-state index >= 15 is 0 Å². The summed E-state index contributed by atoms with van der Waals surface area (Å²) < 4.78 is 0. The van der Waals surface area contributed by atoms with Crippen LogP contribution < -0.4 is 10.6 Å². The van der Waals surface area contributed by atoms with E-state index in [1.807, 2.05) is 48.5 Å². The molecule has 128 valence electrons. The summed E-state index contributed by atoms with van der Waals surface area (Å²) in [6.07, 6.45) is 3.21. The van der Waals surface area contributed by atoms with Crippen molar-refractivity contribution in [2.45, 2.75) is 31.8 Å². The molecule has 1 saturated heterocycles. The Morgan fingerprint density at radius 2 is 1.96 bits per heavy atom. The average molecular weight is 334 g/mol. The summed E-state index contributed by atoms with van der Waals surface area (Å²) in [4.78, 5) is 20.1. The second-order valence-corrected chi connectivity index (χ2v) is 6.52. The van der Waals surface area contributed by atoms with Gasteiger partial charge in [-0.1, -0.05) is 42.8 Å². The highest BCUT2D eigenvalue weighted by molar-refractivity contribution is 5.82. The van der Waals surface area contributed by atoms with Gasteiger partial charge in [-0.3, -0.25) is 4.79 Å². The summed E-state index contributed by atoms with van der Waals surface area (Å²) in [6.45, 7) is 1.49. The molecule has 0 saturated carbocycles. The van der Waals surface area contributed by atoms with Crippen molar-refractivity contribution < 1.29 is 4.79 Å². The summed E-state index contributed by atoms with van der Waals surface area (Å²) in [5.74, 6) is 0.962. The van der Waals surface area contributed by atoms with Crippen LogP contribution in [0.1, 0.15) is 24.8 Å². The zero-order valence-corrected chi connectivity index (χ0v) is 14.1. The summed E-state index contributed by atoms with van der Waals surface area (Å²) in [5, 5.41) is 6.30. The predicted molar refractivity (Wildman–Crippen MR) is 99.0 cm³/mol. The van der Waals surface area contributed by atoms with Gasteiger partial charge in [0.1, 0.15) is 5.82 Å². The monoisotopic (exact) mass is 334 g/mol. The summed E-state index contributed by atoms with van der Waals surface area (Å²) in [6, 6.07) is 16.1. The van der Waals surface area contributed by atoms with Gasteiger partial charge in [-0.15, -0.1) is 0 Å². The molecule has 2 aromatic carbocycles. The van der Waals surface area contributed by atoms with E-state index in [4.69, 9.17) is 0 Å². The lowest BCUT2D eigenvalue weighted by molar-refractivity contribution is -0.123. The molecule has 1 fully saturated rings. The molecule has 3 aromatic rings. The van der Waals surface area contributed by atoms with Crippen LogP contribution in [0.2, 0.25) is 0 Å². The molecular weight excluding hydrogens is 312 g/mol. The Morgan fingerprint density at radius 1 is 1.12 bits per heavy atom. The number of hydrogen-bond donors (Lipinski definition) is 3. The molecule has 1 unspecified atom stereocenters. The minimum atomic E-state index is -0.0384. The Kier molecular flexibility index (Phi) is 4.48. The van der Waals surface area contributed by atoms with Gasteiger partial charge < -0.3 is 15.6 Å². The maximum Gasteiger partial charge on any atom is 0.237 e. The van der Waals surface area contributed by atoms with Crippen molar-refractivity contribution in [2.24, 2.45) is 0 Å². The van der Waals surface area contributed by atoms with Crippen molar-refractivity contribution in [3.8, 4) is 11.4 Å². The highest BCUT2D eigenvalue weighted by Crippen LogP contribution is 2.20. The number of H-pyrrole nitrogens is 1. The molecule has 1 atom stereocenters. The summed E-state index contributed by atoms with van der Waals surface area (Å²) in [7, 11) is 0. The van der Waals surface area contributed by atoms with Crippen LogP contribution in [0.4, 0.5) is 0 Å². The Labute approximate surface area is 146 Å². The van der Waals surface area contributed by atoms with Gasteiger partial charge in [0.05, 0.1) is 17.1 Å². The van der Waals surface area contributed by atoms with Crippen LogP contribution in [0.3, 0.4) is 0 Å². The number of nitrogens with zero attached hydrogens (tertiary/aromatic N) is 1. The van der Waals surface area contributed by atoms with Crippen LogP contribution in [0.25, 0.3) is 22.4 Å². The first-order valence-electron chi connectivity index (χ1n) is 8.85. The van der Waals surface area contributed by atoms with Gasteiger partial charge in [-0.05, 0) is 37.1 Å². The molecular formula is C20H22N4O.